The number of nitrogens with two attached hydrogens (primary N) is 1. The normalized spacial score (nSPS) is 32.3. The Morgan fingerprint density at radius 3 is 2.20 bits per heavy atom. The lowest BCUT2D eigenvalue weighted by Crippen LogP contribution is -2.50. The molecule has 4 unspecified atom stereocenters. The second-order valence-corrected chi connectivity index (χ2v) is 4.49. The number of carbonyl (C=O) groups is 1. The highest BCUT2D eigenvalue weighted by atomic mass is 16.7. The van der Waals surface area contributed by atoms with Gasteiger partial charge in [0.1, 0.15) is 12.2 Å². The Kier molecular flexibility index (Phi) is 9.70. The lowest BCUT2D eigenvalue weighted by molar-refractivity contribution is -0.248. The number of hydrogen-bond donors (Lipinski definition) is 4. The van der Waals surface area contributed by atoms with E-state index < -0.39 is 24.6 Å². The van der Waals surface area contributed by atoms with Crippen LogP contribution in [0.1, 0.15) is 33.1 Å². The number of aliphatic hydroxyl groups excluding tert-OH is 3. The van der Waals surface area contributed by atoms with E-state index in [-0.39, 0.29) is 24.9 Å². The van der Waals surface area contributed by atoms with Crippen LogP contribution in [0.5, 0.6) is 0 Å². The van der Waals surface area contributed by atoms with Crippen LogP contribution in [0.25, 0.3) is 0 Å². The summed E-state index contributed by atoms with van der Waals surface area (Å²) in [5.41, 5.74) is 4.86. The molecule has 0 spiro atoms. The molecule has 2 aliphatic rings. The molecule has 1 aliphatic heterocycles. The van der Waals surface area contributed by atoms with Crippen LogP contribution in [0.3, 0.4) is 0 Å². The summed E-state index contributed by atoms with van der Waals surface area (Å²) in [6.07, 6.45) is -0.930. The minimum Gasteiger partial charge on any atom is -0.394 e. The van der Waals surface area contributed by atoms with E-state index in [0.29, 0.717) is 0 Å². The molecule has 1 amide bonds. The highest BCUT2D eigenvalue weighted by molar-refractivity contribution is 5.78. The Labute approximate surface area is 119 Å². The summed E-state index contributed by atoms with van der Waals surface area (Å²) in [5.74, 6) is 0.111. The van der Waals surface area contributed by atoms with Gasteiger partial charge in [-0.3, -0.25) is 4.79 Å². The Hall–Kier alpha value is -0.730. The van der Waals surface area contributed by atoms with Crippen molar-refractivity contribution >= 4 is 5.91 Å². The zero-order valence-electron chi connectivity index (χ0n) is 12.4. The van der Waals surface area contributed by atoms with E-state index in [9.17, 15) is 15.0 Å². The molecule has 5 N–H and O–H groups in total. The first-order chi connectivity index (χ1) is 9.49. The van der Waals surface area contributed by atoms with Gasteiger partial charge >= 0.3 is 0 Å². The van der Waals surface area contributed by atoms with Gasteiger partial charge < -0.3 is 30.5 Å². The van der Waals surface area contributed by atoms with Gasteiger partial charge in [-0.25, -0.2) is 0 Å². The molecule has 120 valence electrons. The van der Waals surface area contributed by atoms with Crippen molar-refractivity contribution in [3.63, 3.8) is 0 Å². The van der Waals surface area contributed by atoms with Crippen molar-refractivity contribution in [2.45, 2.75) is 57.7 Å². The van der Waals surface area contributed by atoms with Crippen molar-refractivity contribution in [3.8, 4) is 0 Å². The molecule has 0 aromatic carbocycles. The number of primary amides is 1. The fourth-order valence-corrected chi connectivity index (χ4v) is 1.59. The number of ether oxygens (including phenoxy) is 2. The Balaban J connectivity index is 0.000000377. The monoisotopic (exact) mass is 293 g/mol. The number of hydrogen-bond acceptors (Lipinski definition) is 6. The van der Waals surface area contributed by atoms with Crippen LogP contribution in [-0.2, 0) is 14.3 Å². The quantitative estimate of drug-likeness (QED) is 0.549. The van der Waals surface area contributed by atoms with E-state index in [1.165, 1.54) is 7.11 Å². The molecule has 1 aliphatic carbocycles. The van der Waals surface area contributed by atoms with Gasteiger partial charge in [0.25, 0.3) is 0 Å². The molecule has 2 fully saturated rings. The SMILES string of the molecule is CC.COC1CC(O)C(O)C(CO)O1.NC(=O)C1CC1. The van der Waals surface area contributed by atoms with E-state index >= 15 is 0 Å². The van der Waals surface area contributed by atoms with Crippen LogP contribution >= 0.6 is 0 Å². The predicted octanol–water partition coefficient (Wildman–Crippen LogP) is -0.630. The molecule has 20 heavy (non-hydrogen) atoms. The lowest BCUT2D eigenvalue weighted by Gasteiger charge is -2.35. The van der Waals surface area contributed by atoms with Gasteiger partial charge in [-0.15, -0.1) is 0 Å². The Bertz CT molecular complexity index is 272. The maximum atomic E-state index is 9.98. The summed E-state index contributed by atoms with van der Waals surface area (Å²) in [4.78, 5) is 9.98. The molecule has 0 aromatic rings. The highest BCUT2D eigenvalue weighted by Gasteiger charge is 2.36. The van der Waals surface area contributed by atoms with Crippen LogP contribution in [0.15, 0.2) is 0 Å². The van der Waals surface area contributed by atoms with E-state index in [4.69, 9.17) is 20.3 Å². The van der Waals surface area contributed by atoms with Crippen molar-refractivity contribution in [3.05, 3.63) is 0 Å². The van der Waals surface area contributed by atoms with E-state index in [1.54, 1.807) is 0 Å². The molecule has 1 heterocycles. The first-order valence-corrected chi connectivity index (χ1v) is 6.94. The molecular formula is C13H27NO6. The summed E-state index contributed by atoms with van der Waals surface area (Å²) < 4.78 is 9.92. The summed E-state index contributed by atoms with van der Waals surface area (Å²) >= 11 is 0. The fraction of sp³-hybridized carbons (Fsp3) is 0.923. The minimum atomic E-state index is -1.03. The van der Waals surface area contributed by atoms with Crippen LogP contribution in [0.4, 0.5) is 0 Å². The van der Waals surface area contributed by atoms with Crippen LogP contribution in [0.2, 0.25) is 0 Å². The standard InChI is InChI=1S/C7H14O5.C4H7NO.C2H6/c1-11-6-2-4(9)7(10)5(3-8)12-6;5-4(6)3-1-2-3;1-2/h4-10H,2-3H2,1H3;3H,1-2H2,(H2,5,6);1-2H3. The molecular weight excluding hydrogens is 266 g/mol. The summed E-state index contributed by atoms with van der Waals surface area (Å²) in [6.45, 7) is 3.68. The highest BCUT2D eigenvalue weighted by Crippen LogP contribution is 2.27. The average Bonchev–Trinajstić information content (AvgIpc) is 3.29. The Morgan fingerprint density at radius 1 is 1.35 bits per heavy atom. The van der Waals surface area contributed by atoms with Gasteiger partial charge in [0, 0.05) is 19.4 Å². The number of carbonyl (C=O) groups excluding carboxylic acids is 1. The maximum absolute atomic E-state index is 9.98. The van der Waals surface area contributed by atoms with Gasteiger partial charge in [0.05, 0.1) is 12.7 Å². The van der Waals surface area contributed by atoms with Gasteiger partial charge in [0.15, 0.2) is 6.29 Å². The van der Waals surface area contributed by atoms with E-state index in [0.717, 1.165) is 12.8 Å². The predicted molar refractivity (Wildman–Crippen MR) is 72.7 cm³/mol. The average molecular weight is 293 g/mol. The summed E-state index contributed by atoms with van der Waals surface area (Å²) in [7, 11) is 1.45. The summed E-state index contributed by atoms with van der Waals surface area (Å²) in [6, 6.07) is 0. The molecule has 1 saturated heterocycles. The van der Waals surface area contributed by atoms with Crippen molar-refractivity contribution in [2.24, 2.45) is 11.7 Å². The van der Waals surface area contributed by atoms with Crippen molar-refractivity contribution in [1.29, 1.82) is 0 Å². The molecule has 4 atom stereocenters. The minimum absolute atomic E-state index is 0.130. The Morgan fingerprint density at radius 2 is 1.90 bits per heavy atom. The number of rotatable bonds is 3. The largest absolute Gasteiger partial charge is 0.394 e. The summed E-state index contributed by atoms with van der Waals surface area (Å²) in [5, 5.41) is 27.3. The third kappa shape index (κ3) is 6.62. The number of amides is 1. The van der Waals surface area contributed by atoms with Gasteiger partial charge in [0.2, 0.25) is 5.91 Å². The fourth-order valence-electron chi connectivity index (χ4n) is 1.59. The topological polar surface area (TPSA) is 122 Å². The van der Waals surface area contributed by atoms with Crippen molar-refractivity contribution in [1.82, 2.24) is 0 Å². The zero-order chi connectivity index (χ0) is 15.7. The molecule has 0 radical (unpaired) electrons. The molecule has 0 bridgehead atoms. The lowest BCUT2D eigenvalue weighted by atomic mass is 10.0. The van der Waals surface area contributed by atoms with Crippen molar-refractivity contribution in [2.75, 3.05) is 13.7 Å². The van der Waals surface area contributed by atoms with Crippen LogP contribution < -0.4 is 5.73 Å². The first-order valence-electron chi connectivity index (χ1n) is 6.94. The smallest absolute Gasteiger partial charge is 0.220 e. The molecule has 2 rings (SSSR count). The number of aliphatic hydroxyl groups is 3. The number of methoxy groups -OCH3 is 1. The van der Waals surface area contributed by atoms with Gasteiger partial charge in [-0.2, -0.15) is 0 Å². The second-order valence-electron chi connectivity index (χ2n) is 4.49. The molecule has 7 nitrogen and oxygen atoms in total. The third-order valence-electron chi connectivity index (χ3n) is 2.96. The molecule has 1 saturated carbocycles. The van der Waals surface area contributed by atoms with Gasteiger partial charge in [-0.05, 0) is 12.8 Å². The molecule has 7 heteroatoms. The maximum Gasteiger partial charge on any atom is 0.220 e. The van der Waals surface area contributed by atoms with E-state index in [2.05, 4.69) is 0 Å². The second kappa shape index (κ2) is 10.1. The first kappa shape index (κ1) is 19.3. The van der Waals surface area contributed by atoms with Crippen LogP contribution in [-0.4, -0.2) is 59.5 Å². The van der Waals surface area contributed by atoms with Crippen molar-refractivity contribution < 1.29 is 29.6 Å². The van der Waals surface area contributed by atoms with Gasteiger partial charge in [-0.1, -0.05) is 13.8 Å². The van der Waals surface area contributed by atoms with E-state index in [1.807, 2.05) is 13.8 Å². The zero-order valence-corrected chi connectivity index (χ0v) is 12.4. The van der Waals surface area contributed by atoms with Crippen LogP contribution in [0, 0.1) is 5.92 Å². The third-order valence-corrected chi connectivity index (χ3v) is 2.96. The molecule has 0 aromatic heterocycles.